The van der Waals surface area contributed by atoms with Gasteiger partial charge in [0, 0.05) is 39.5 Å². The van der Waals surface area contributed by atoms with Gasteiger partial charge in [-0.2, -0.15) is 5.10 Å². The van der Waals surface area contributed by atoms with Gasteiger partial charge in [0.1, 0.15) is 18.2 Å². The average Bonchev–Trinajstić information content (AvgIpc) is 2.87. The van der Waals surface area contributed by atoms with E-state index in [9.17, 15) is 4.39 Å². The topological polar surface area (TPSA) is 48.3 Å². The number of nitrogens with zero attached hydrogens (tertiary/aromatic N) is 2. The van der Waals surface area contributed by atoms with Gasteiger partial charge in [0.05, 0.1) is 12.3 Å². The van der Waals surface area contributed by atoms with Crippen LogP contribution in [0.3, 0.4) is 0 Å². The summed E-state index contributed by atoms with van der Waals surface area (Å²) in [5, 5.41) is 7.38. The van der Waals surface area contributed by atoms with Crippen LogP contribution in [0.15, 0.2) is 30.5 Å². The largest absolute Gasteiger partial charge is 0.487 e. The highest BCUT2D eigenvalue weighted by molar-refractivity contribution is 5.29. The predicted octanol–water partition coefficient (Wildman–Crippen LogP) is 1.87. The predicted molar refractivity (Wildman–Crippen MR) is 77.5 cm³/mol. The molecule has 21 heavy (non-hydrogen) atoms. The highest BCUT2D eigenvalue weighted by atomic mass is 19.1. The van der Waals surface area contributed by atoms with Crippen LogP contribution in [0.5, 0.6) is 5.75 Å². The van der Waals surface area contributed by atoms with Crippen molar-refractivity contribution in [2.75, 3.05) is 20.3 Å². The summed E-state index contributed by atoms with van der Waals surface area (Å²) in [4.78, 5) is 0. The number of ether oxygens (including phenoxy) is 2. The van der Waals surface area contributed by atoms with Crippen LogP contribution in [-0.4, -0.2) is 30.0 Å². The van der Waals surface area contributed by atoms with Crippen molar-refractivity contribution in [1.82, 2.24) is 15.1 Å². The molecule has 0 radical (unpaired) electrons. The molecule has 5 nitrogen and oxygen atoms in total. The van der Waals surface area contributed by atoms with Gasteiger partial charge in [-0.05, 0) is 23.8 Å². The Labute approximate surface area is 123 Å². The molecule has 0 unspecified atom stereocenters. The van der Waals surface area contributed by atoms with Crippen LogP contribution in [0.25, 0.3) is 0 Å². The van der Waals surface area contributed by atoms with Gasteiger partial charge in [0.15, 0.2) is 0 Å². The van der Waals surface area contributed by atoms with Gasteiger partial charge in [-0.1, -0.05) is 0 Å². The molecular weight excluding hydrogens is 273 g/mol. The van der Waals surface area contributed by atoms with Gasteiger partial charge in [-0.25, -0.2) is 4.39 Å². The Hall–Kier alpha value is -1.92. The molecule has 1 aromatic heterocycles. The minimum absolute atomic E-state index is 0.308. The standard InChI is InChI=1S/C15H20FN3O2/c1-19-5-3-14(18-19)11-21-15-8-12(7-13(16)9-15)10-17-4-6-20-2/h3,5,7-9,17H,4,6,10-11H2,1-2H3. The molecule has 0 atom stereocenters. The van der Waals surface area contributed by atoms with Crippen LogP contribution in [0.4, 0.5) is 4.39 Å². The van der Waals surface area contributed by atoms with Crippen molar-refractivity contribution in [2.45, 2.75) is 13.2 Å². The average molecular weight is 293 g/mol. The molecule has 1 aromatic carbocycles. The fraction of sp³-hybridized carbons (Fsp3) is 0.400. The Balaban J connectivity index is 1.91. The van der Waals surface area contributed by atoms with Crippen LogP contribution >= 0.6 is 0 Å². The third kappa shape index (κ3) is 5.17. The molecule has 0 fully saturated rings. The Morgan fingerprint density at radius 3 is 2.90 bits per heavy atom. The van der Waals surface area contributed by atoms with Crippen LogP contribution in [0.1, 0.15) is 11.3 Å². The van der Waals surface area contributed by atoms with Crippen molar-refractivity contribution in [1.29, 1.82) is 0 Å². The normalized spacial score (nSPS) is 10.8. The molecule has 0 aliphatic heterocycles. The van der Waals surface area contributed by atoms with Gasteiger partial charge in [-0.15, -0.1) is 0 Å². The molecule has 0 amide bonds. The van der Waals surface area contributed by atoms with E-state index in [1.165, 1.54) is 12.1 Å². The van der Waals surface area contributed by atoms with Crippen molar-refractivity contribution in [3.05, 3.63) is 47.5 Å². The van der Waals surface area contributed by atoms with Crippen molar-refractivity contribution >= 4 is 0 Å². The number of hydrogen-bond donors (Lipinski definition) is 1. The number of hydrogen-bond acceptors (Lipinski definition) is 4. The first kappa shape index (κ1) is 15.5. The van der Waals surface area contributed by atoms with E-state index in [4.69, 9.17) is 9.47 Å². The molecule has 1 N–H and O–H groups in total. The van der Waals surface area contributed by atoms with Crippen molar-refractivity contribution < 1.29 is 13.9 Å². The van der Waals surface area contributed by atoms with Gasteiger partial charge < -0.3 is 14.8 Å². The molecule has 0 spiro atoms. The molecule has 0 aliphatic carbocycles. The summed E-state index contributed by atoms with van der Waals surface area (Å²) in [6.45, 7) is 2.23. The summed E-state index contributed by atoms with van der Waals surface area (Å²) in [6.07, 6.45) is 1.84. The molecule has 1 heterocycles. The minimum atomic E-state index is -0.308. The lowest BCUT2D eigenvalue weighted by Gasteiger charge is -2.09. The Morgan fingerprint density at radius 2 is 2.19 bits per heavy atom. The first-order valence-corrected chi connectivity index (χ1v) is 6.78. The molecule has 0 aliphatic rings. The fourth-order valence-corrected chi connectivity index (χ4v) is 1.91. The van der Waals surface area contributed by atoms with Crippen molar-refractivity contribution in [2.24, 2.45) is 7.05 Å². The lowest BCUT2D eigenvalue weighted by molar-refractivity contribution is 0.199. The highest BCUT2D eigenvalue weighted by Gasteiger charge is 2.04. The maximum absolute atomic E-state index is 13.6. The second-order valence-corrected chi connectivity index (χ2v) is 4.73. The summed E-state index contributed by atoms with van der Waals surface area (Å²) in [6, 6.07) is 6.56. The molecule has 6 heteroatoms. The molecule has 114 valence electrons. The maximum atomic E-state index is 13.6. The Bertz CT molecular complexity index is 572. The van der Waals surface area contributed by atoms with E-state index >= 15 is 0 Å². The number of aryl methyl sites for hydroxylation is 1. The van der Waals surface area contributed by atoms with E-state index in [0.29, 0.717) is 25.5 Å². The van der Waals surface area contributed by atoms with E-state index in [1.54, 1.807) is 11.8 Å². The maximum Gasteiger partial charge on any atom is 0.132 e. The molecular formula is C15H20FN3O2. The van der Waals surface area contributed by atoms with E-state index in [-0.39, 0.29) is 5.82 Å². The molecule has 2 rings (SSSR count). The van der Waals surface area contributed by atoms with Crippen LogP contribution in [-0.2, 0) is 24.9 Å². The minimum Gasteiger partial charge on any atom is -0.487 e. The summed E-state index contributed by atoms with van der Waals surface area (Å²) in [5.74, 6) is 0.196. The monoisotopic (exact) mass is 293 g/mol. The second kappa shape index (κ2) is 7.75. The summed E-state index contributed by atoms with van der Waals surface area (Å²) in [5.41, 5.74) is 1.64. The highest BCUT2D eigenvalue weighted by Crippen LogP contribution is 2.17. The van der Waals surface area contributed by atoms with Crippen molar-refractivity contribution in [3.63, 3.8) is 0 Å². The Kier molecular flexibility index (Phi) is 5.71. The van der Waals surface area contributed by atoms with E-state index < -0.39 is 0 Å². The van der Waals surface area contributed by atoms with Crippen LogP contribution < -0.4 is 10.1 Å². The summed E-state index contributed by atoms with van der Waals surface area (Å²) in [7, 11) is 3.49. The molecule has 0 bridgehead atoms. The number of aromatic nitrogens is 2. The zero-order valence-electron chi connectivity index (χ0n) is 12.3. The number of halogens is 1. The van der Waals surface area contributed by atoms with E-state index in [0.717, 1.165) is 17.8 Å². The Morgan fingerprint density at radius 1 is 1.33 bits per heavy atom. The number of rotatable bonds is 8. The smallest absolute Gasteiger partial charge is 0.132 e. The number of methoxy groups -OCH3 is 1. The van der Waals surface area contributed by atoms with E-state index in [1.807, 2.05) is 25.4 Å². The number of benzene rings is 1. The van der Waals surface area contributed by atoms with Crippen molar-refractivity contribution in [3.8, 4) is 5.75 Å². The second-order valence-electron chi connectivity index (χ2n) is 4.73. The zero-order valence-corrected chi connectivity index (χ0v) is 12.3. The molecule has 2 aromatic rings. The summed E-state index contributed by atoms with van der Waals surface area (Å²) >= 11 is 0. The van der Waals surface area contributed by atoms with Gasteiger partial charge in [-0.3, -0.25) is 4.68 Å². The third-order valence-corrected chi connectivity index (χ3v) is 2.90. The van der Waals surface area contributed by atoms with Gasteiger partial charge in [0.25, 0.3) is 0 Å². The lowest BCUT2D eigenvalue weighted by Crippen LogP contribution is -2.18. The summed E-state index contributed by atoms with van der Waals surface area (Å²) < 4.78 is 25.8. The third-order valence-electron chi connectivity index (χ3n) is 2.90. The van der Waals surface area contributed by atoms with Gasteiger partial charge >= 0.3 is 0 Å². The van der Waals surface area contributed by atoms with Gasteiger partial charge in [0.2, 0.25) is 0 Å². The first-order chi connectivity index (χ1) is 10.2. The van der Waals surface area contributed by atoms with Crippen LogP contribution in [0, 0.1) is 5.82 Å². The zero-order chi connectivity index (χ0) is 15.1. The fourth-order valence-electron chi connectivity index (χ4n) is 1.91. The van der Waals surface area contributed by atoms with Crippen LogP contribution in [0.2, 0.25) is 0 Å². The lowest BCUT2D eigenvalue weighted by atomic mass is 10.2. The van der Waals surface area contributed by atoms with E-state index in [2.05, 4.69) is 10.4 Å². The SMILES string of the molecule is COCCNCc1cc(F)cc(OCc2ccn(C)n2)c1. The first-order valence-electron chi connectivity index (χ1n) is 6.78. The molecule has 0 saturated heterocycles. The molecule has 0 saturated carbocycles. The quantitative estimate of drug-likeness (QED) is 0.755. The number of nitrogens with one attached hydrogen (secondary N) is 1.